The standard InChI is InChI=1S/C12H19N.C7H8/c1-12(2,3)10-6-8-11(9-7-10)13(4)5;1-7-5-3-2-4-6-7/h6-9H,1-5H3;2-6H,1H3. The highest BCUT2D eigenvalue weighted by Crippen LogP contribution is 2.23. The molecule has 0 unspecified atom stereocenters. The van der Waals surface area contributed by atoms with Crippen molar-refractivity contribution < 1.29 is 0 Å². The predicted molar refractivity (Wildman–Crippen MR) is 90.6 cm³/mol. The summed E-state index contributed by atoms with van der Waals surface area (Å²) < 4.78 is 0. The molecule has 0 saturated heterocycles. The lowest BCUT2D eigenvalue weighted by Gasteiger charge is -2.20. The SMILES string of the molecule is CN(C)c1ccc(C(C)(C)C)cc1.Cc1ccccc1. The molecule has 0 aliphatic carbocycles. The molecule has 0 heterocycles. The van der Waals surface area contributed by atoms with Gasteiger partial charge in [0, 0.05) is 19.8 Å². The van der Waals surface area contributed by atoms with Gasteiger partial charge in [-0.15, -0.1) is 0 Å². The minimum absolute atomic E-state index is 0.255. The van der Waals surface area contributed by atoms with E-state index < -0.39 is 0 Å². The van der Waals surface area contributed by atoms with Gasteiger partial charge in [-0.25, -0.2) is 0 Å². The molecule has 0 bridgehead atoms. The molecule has 0 amide bonds. The summed E-state index contributed by atoms with van der Waals surface area (Å²) in [4.78, 5) is 2.12. The minimum atomic E-state index is 0.255. The van der Waals surface area contributed by atoms with Gasteiger partial charge in [-0.3, -0.25) is 0 Å². The van der Waals surface area contributed by atoms with Crippen LogP contribution in [0.5, 0.6) is 0 Å². The predicted octanol–water partition coefficient (Wildman–Crippen LogP) is 5.05. The second-order valence-electron chi connectivity index (χ2n) is 6.35. The highest BCUT2D eigenvalue weighted by Gasteiger charge is 2.12. The van der Waals surface area contributed by atoms with Crippen LogP contribution in [-0.2, 0) is 5.41 Å². The summed E-state index contributed by atoms with van der Waals surface area (Å²) in [5.74, 6) is 0. The number of nitrogens with zero attached hydrogens (tertiary/aromatic N) is 1. The van der Waals surface area contributed by atoms with Gasteiger partial charge in [-0.1, -0.05) is 68.8 Å². The number of hydrogen-bond acceptors (Lipinski definition) is 1. The Hall–Kier alpha value is -1.76. The molecule has 0 N–H and O–H groups in total. The van der Waals surface area contributed by atoms with Crippen LogP contribution in [0, 0.1) is 6.92 Å². The molecule has 108 valence electrons. The van der Waals surface area contributed by atoms with E-state index in [2.05, 4.69) is 83.1 Å². The Kier molecular flexibility index (Phi) is 5.82. The second-order valence-corrected chi connectivity index (χ2v) is 6.35. The number of rotatable bonds is 1. The van der Waals surface area contributed by atoms with Gasteiger partial charge in [0.25, 0.3) is 0 Å². The lowest BCUT2D eigenvalue weighted by atomic mass is 9.87. The fourth-order valence-corrected chi connectivity index (χ4v) is 1.79. The van der Waals surface area contributed by atoms with Crippen LogP contribution in [0.3, 0.4) is 0 Å². The van der Waals surface area contributed by atoms with E-state index in [1.54, 1.807) is 0 Å². The van der Waals surface area contributed by atoms with Crippen molar-refractivity contribution in [3.8, 4) is 0 Å². The molecule has 0 fully saturated rings. The summed E-state index contributed by atoms with van der Waals surface area (Å²) in [7, 11) is 4.12. The van der Waals surface area contributed by atoms with Gasteiger partial charge in [0.2, 0.25) is 0 Å². The summed E-state index contributed by atoms with van der Waals surface area (Å²) in [6.07, 6.45) is 0. The van der Waals surface area contributed by atoms with Crippen molar-refractivity contribution in [2.75, 3.05) is 19.0 Å². The zero-order valence-corrected chi connectivity index (χ0v) is 13.6. The molecule has 0 aliphatic heterocycles. The van der Waals surface area contributed by atoms with Gasteiger partial charge >= 0.3 is 0 Å². The van der Waals surface area contributed by atoms with E-state index in [-0.39, 0.29) is 5.41 Å². The third-order valence-corrected chi connectivity index (χ3v) is 3.19. The molecule has 2 aromatic rings. The average molecular weight is 269 g/mol. The lowest BCUT2D eigenvalue weighted by molar-refractivity contribution is 0.590. The minimum Gasteiger partial charge on any atom is -0.378 e. The normalized spacial score (nSPS) is 10.5. The number of anilines is 1. The van der Waals surface area contributed by atoms with E-state index in [0.29, 0.717) is 0 Å². The Morgan fingerprint density at radius 3 is 1.55 bits per heavy atom. The largest absolute Gasteiger partial charge is 0.378 e. The van der Waals surface area contributed by atoms with Crippen molar-refractivity contribution >= 4 is 5.69 Å². The lowest BCUT2D eigenvalue weighted by Crippen LogP contribution is -2.12. The first kappa shape index (κ1) is 16.3. The zero-order chi connectivity index (χ0) is 15.2. The summed E-state index contributed by atoms with van der Waals surface area (Å²) in [5, 5.41) is 0. The van der Waals surface area contributed by atoms with Gasteiger partial charge in [0.1, 0.15) is 0 Å². The molecule has 0 aliphatic rings. The summed E-state index contributed by atoms with van der Waals surface area (Å²) >= 11 is 0. The van der Waals surface area contributed by atoms with E-state index in [4.69, 9.17) is 0 Å². The Morgan fingerprint density at radius 1 is 0.750 bits per heavy atom. The number of hydrogen-bond donors (Lipinski definition) is 0. The highest BCUT2D eigenvalue weighted by atomic mass is 15.1. The van der Waals surface area contributed by atoms with Crippen LogP contribution in [0.4, 0.5) is 5.69 Å². The number of aryl methyl sites for hydroxylation is 1. The highest BCUT2D eigenvalue weighted by molar-refractivity contribution is 5.47. The van der Waals surface area contributed by atoms with Crippen LogP contribution in [0.25, 0.3) is 0 Å². The molecule has 1 heteroatoms. The average Bonchev–Trinajstić information content (AvgIpc) is 2.39. The van der Waals surface area contributed by atoms with Crippen molar-refractivity contribution in [2.24, 2.45) is 0 Å². The van der Waals surface area contributed by atoms with Crippen LogP contribution in [0.1, 0.15) is 31.9 Å². The third-order valence-electron chi connectivity index (χ3n) is 3.19. The molecule has 1 nitrogen and oxygen atoms in total. The summed E-state index contributed by atoms with van der Waals surface area (Å²) in [6, 6.07) is 19.0. The molecule has 0 aromatic heterocycles. The second kappa shape index (κ2) is 7.14. The van der Waals surface area contributed by atoms with E-state index >= 15 is 0 Å². The quantitative estimate of drug-likeness (QED) is 0.700. The molecule has 0 saturated carbocycles. The maximum Gasteiger partial charge on any atom is 0.0361 e. The monoisotopic (exact) mass is 269 g/mol. The van der Waals surface area contributed by atoms with E-state index in [0.717, 1.165) is 0 Å². The maximum absolute atomic E-state index is 2.23. The Bertz CT molecular complexity index is 490. The zero-order valence-electron chi connectivity index (χ0n) is 13.6. The fraction of sp³-hybridized carbons (Fsp3) is 0.368. The van der Waals surface area contributed by atoms with Crippen molar-refractivity contribution in [3.63, 3.8) is 0 Å². The number of benzene rings is 2. The molecular formula is C19H27N. The summed E-state index contributed by atoms with van der Waals surface area (Å²) in [5.41, 5.74) is 4.22. The van der Waals surface area contributed by atoms with Crippen molar-refractivity contribution in [1.82, 2.24) is 0 Å². The van der Waals surface area contributed by atoms with Crippen molar-refractivity contribution in [3.05, 3.63) is 65.7 Å². The Balaban J connectivity index is 0.000000240. The summed E-state index contributed by atoms with van der Waals surface area (Å²) in [6.45, 7) is 8.78. The molecule has 2 aromatic carbocycles. The van der Waals surface area contributed by atoms with Gasteiger partial charge in [0.15, 0.2) is 0 Å². The molecule has 0 spiro atoms. The van der Waals surface area contributed by atoms with Crippen LogP contribution >= 0.6 is 0 Å². The first-order valence-corrected chi connectivity index (χ1v) is 7.10. The van der Waals surface area contributed by atoms with E-state index in [9.17, 15) is 0 Å². The van der Waals surface area contributed by atoms with Crippen LogP contribution in [-0.4, -0.2) is 14.1 Å². The van der Waals surface area contributed by atoms with Gasteiger partial charge in [-0.2, -0.15) is 0 Å². The van der Waals surface area contributed by atoms with E-state index in [1.165, 1.54) is 16.8 Å². The van der Waals surface area contributed by atoms with Gasteiger partial charge < -0.3 is 4.90 Å². The molecule has 0 radical (unpaired) electrons. The van der Waals surface area contributed by atoms with Crippen LogP contribution in [0.2, 0.25) is 0 Å². The smallest absolute Gasteiger partial charge is 0.0361 e. The topological polar surface area (TPSA) is 3.24 Å². The van der Waals surface area contributed by atoms with E-state index in [1.807, 2.05) is 18.2 Å². The van der Waals surface area contributed by atoms with Gasteiger partial charge in [0.05, 0.1) is 0 Å². The Morgan fingerprint density at radius 2 is 1.25 bits per heavy atom. The van der Waals surface area contributed by atoms with Crippen LogP contribution < -0.4 is 4.90 Å². The molecule has 2 rings (SSSR count). The fourth-order valence-electron chi connectivity index (χ4n) is 1.79. The molecule has 0 atom stereocenters. The molecule has 20 heavy (non-hydrogen) atoms. The van der Waals surface area contributed by atoms with Crippen LogP contribution in [0.15, 0.2) is 54.6 Å². The maximum atomic E-state index is 2.23. The Labute approximate surface area is 124 Å². The van der Waals surface area contributed by atoms with Crippen molar-refractivity contribution in [2.45, 2.75) is 33.1 Å². The third kappa shape index (κ3) is 5.48. The van der Waals surface area contributed by atoms with Gasteiger partial charge in [-0.05, 0) is 30.0 Å². The van der Waals surface area contributed by atoms with Crippen molar-refractivity contribution in [1.29, 1.82) is 0 Å². The first-order valence-electron chi connectivity index (χ1n) is 7.10. The first-order chi connectivity index (χ1) is 9.30. The molecular weight excluding hydrogens is 242 g/mol.